The maximum absolute atomic E-state index is 11.3. The molecule has 3 aromatic rings. The van der Waals surface area contributed by atoms with E-state index in [2.05, 4.69) is 9.97 Å². The number of pyridine rings is 1. The summed E-state index contributed by atoms with van der Waals surface area (Å²) in [5.41, 5.74) is 3.30. The minimum absolute atomic E-state index is 0.683. The van der Waals surface area contributed by atoms with E-state index in [0.29, 0.717) is 5.56 Å². The molecular weight excluding hydrogens is 212 g/mol. The molecule has 0 radical (unpaired) electrons. The molecule has 0 aliphatic rings. The summed E-state index contributed by atoms with van der Waals surface area (Å²) in [6, 6.07) is 11.7. The smallest absolute Gasteiger partial charge is 0.151 e. The van der Waals surface area contributed by atoms with E-state index < -0.39 is 0 Å². The molecule has 3 nitrogen and oxygen atoms in total. The maximum Gasteiger partial charge on any atom is 0.151 e. The summed E-state index contributed by atoms with van der Waals surface area (Å²) in [7, 11) is 0. The van der Waals surface area contributed by atoms with Crippen molar-refractivity contribution in [3.63, 3.8) is 0 Å². The SMILES string of the molecule is O=Cc1c(-c2ccccc2)cnc2[nH]ccc12. The molecule has 0 bridgehead atoms. The van der Waals surface area contributed by atoms with Crippen LogP contribution in [0.25, 0.3) is 22.2 Å². The maximum atomic E-state index is 11.3. The molecule has 0 atom stereocenters. The van der Waals surface area contributed by atoms with Crippen LogP contribution < -0.4 is 0 Å². The number of benzene rings is 1. The van der Waals surface area contributed by atoms with Crippen molar-refractivity contribution in [3.05, 3.63) is 54.4 Å². The van der Waals surface area contributed by atoms with Crippen molar-refractivity contribution in [2.45, 2.75) is 0 Å². The molecule has 2 aromatic heterocycles. The molecule has 0 aliphatic carbocycles. The third kappa shape index (κ3) is 1.52. The Hall–Kier alpha value is -2.42. The summed E-state index contributed by atoms with van der Waals surface area (Å²) in [6.45, 7) is 0. The zero-order chi connectivity index (χ0) is 11.7. The first-order valence-corrected chi connectivity index (χ1v) is 5.37. The fourth-order valence-electron chi connectivity index (χ4n) is 2.00. The van der Waals surface area contributed by atoms with Gasteiger partial charge >= 0.3 is 0 Å². The van der Waals surface area contributed by atoms with Crippen molar-refractivity contribution in [2.75, 3.05) is 0 Å². The molecular formula is C14H10N2O. The highest BCUT2D eigenvalue weighted by Crippen LogP contribution is 2.26. The van der Waals surface area contributed by atoms with Gasteiger partial charge in [-0.2, -0.15) is 0 Å². The molecule has 1 aromatic carbocycles. The van der Waals surface area contributed by atoms with Crippen molar-refractivity contribution in [3.8, 4) is 11.1 Å². The highest BCUT2D eigenvalue weighted by atomic mass is 16.1. The van der Waals surface area contributed by atoms with Crippen LogP contribution >= 0.6 is 0 Å². The Morgan fingerprint density at radius 2 is 1.94 bits per heavy atom. The Morgan fingerprint density at radius 3 is 2.71 bits per heavy atom. The fraction of sp³-hybridized carbons (Fsp3) is 0. The van der Waals surface area contributed by atoms with Gasteiger partial charge in [-0.25, -0.2) is 4.98 Å². The minimum Gasteiger partial charge on any atom is -0.346 e. The van der Waals surface area contributed by atoms with Gasteiger partial charge in [-0.3, -0.25) is 4.79 Å². The summed E-state index contributed by atoms with van der Waals surface area (Å²) >= 11 is 0. The van der Waals surface area contributed by atoms with E-state index >= 15 is 0 Å². The largest absolute Gasteiger partial charge is 0.346 e. The molecule has 2 heterocycles. The number of carbonyl (C=O) groups is 1. The fourth-order valence-corrected chi connectivity index (χ4v) is 2.00. The molecule has 0 saturated heterocycles. The highest BCUT2D eigenvalue weighted by molar-refractivity contribution is 6.02. The van der Waals surface area contributed by atoms with Crippen LogP contribution in [0, 0.1) is 0 Å². The second-order valence-corrected chi connectivity index (χ2v) is 3.81. The number of hydrogen-bond donors (Lipinski definition) is 1. The standard InChI is InChI=1S/C14H10N2O/c17-9-13-11-6-7-15-14(11)16-8-12(13)10-4-2-1-3-5-10/h1-9H,(H,15,16). The number of nitrogens with one attached hydrogen (secondary N) is 1. The van der Waals surface area contributed by atoms with Gasteiger partial charge in [0.2, 0.25) is 0 Å². The van der Waals surface area contributed by atoms with E-state index in [1.807, 2.05) is 36.4 Å². The Bertz CT molecular complexity index is 671. The highest BCUT2D eigenvalue weighted by Gasteiger charge is 2.09. The zero-order valence-electron chi connectivity index (χ0n) is 9.05. The third-order valence-electron chi connectivity index (χ3n) is 2.83. The number of aromatic nitrogens is 2. The van der Waals surface area contributed by atoms with Crippen molar-refractivity contribution in [2.24, 2.45) is 0 Å². The number of rotatable bonds is 2. The van der Waals surface area contributed by atoms with E-state index in [1.54, 1.807) is 12.4 Å². The van der Waals surface area contributed by atoms with Crippen LogP contribution in [0.4, 0.5) is 0 Å². The zero-order valence-corrected chi connectivity index (χ0v) is 9.05. The Labute approximate surface area is 98.1 Å². The van der Waals surface area contributed by atoms with Crippen LogP contribution in [0.2, 0.25) is 0 Å². The normalized spacial score (nSPS) is 10.6. The van der Waals surface area contributed by atoms with E-state index in [4.69, 9.17) is 0 Å². The summed E-state index contributed by atoms with van der Waals surface area (Å²) in [4.78, 5) is 18.6. The van der Waals surface area contributed by atoms with E-state index in [9.17, 15) is 4.79 Å². The van der Waals surface area contributed by atoms with Gasteiger partial charge in [-0.15, -0.1) is 0 Å². The van der Waals surface area contributed by atoms with Gasteiger partial charge in [-0.1, -0.05) is 30.3 Å². The first-order valence-electron chi connectivity index (χ1n) is 5.37. The topological polar surface area (TPSA) is 45.8 Å². The van der Waals surface area contributed by atoms with Crippen LogP contribution in [0.15, 0.2) is 48.8 Å². The van der Waals surface area contributed by atoms with Crippen LogP contribution in [0.1, 0.15) is 10.4 Å². The number of hydrogen-bond acceptors (Lipinski definition) is 2. The number of aldehydes is 1. The average molecular weight is 222 g/mol. The first kappa shape index (κ1) is 9.78. The lowest BCUT2D eigenvalue weighted by molar-refractivity contribution is 0.112. The molecule has 0 fully saturated rings. The summed E-state index contributed by atoms with van der Waals surface area (Å²) < 4.78 is 0. The Balaban J connectivity index is 2.33. The van der Waals surface area contributed by atoms with Gasteiger partial charge in [0.25, 0.3) is 0 Å². The number of fused-ring (bicyclic) bond motifs is 1. The van der Waals surface area contributed by atoms with Crippen LogP contribution in [0.3, 0.4) is 0 Å². The quantitative estimate of drug-likeness (QED) is 0.677. The van der Waals surface area contributed by atoms with Crippen molar-refractivity contribution < 1.29 is 4.79 Å². The van der Waals surface area contributed by atoms with Gasteiger partial charge < -0.3 is 4.98 Å². The van der Waals surface area contributed by atoms with Gasteiger partial charge in [0.05, 0.1) is 0 Å². The predicted molar refractivity (Wildman–Crippen MR) is 66.9 cm³/mol. The second-order valence-electron chi connectivity index (χ2n) is 3.81. The molecule has 3 rings (SSSR count). The van der Waals surface area contributed by atoms with E-state index in [0.717, 1.165) is 28.4 Å². The number of aromatic amines is 1. The van der Waals surface area contributed by atoms with Crippen molar-refractivity contribution in [1.82, 2.24) is 9.97 Å². The third-order valence-corrected chi connectivity index (χ3v) is 2.83. The van der Waals surface area contributed by atoms with E-state index in [-0.39, 0.29) is 0 Å². The van der Waals surface area contributed by atoms with Crippen LogP contribution in [-0.2, 0) is 0 Å². The average Bonchev–Trinajstić information content (AvgIpc) is 2.86. The van der Waals surface area contributed by atoms with Gasteiger partial charge in [0.15, 0.2) is 6.29 Å². The van der Waals surface area contributed by atoms with Gasteiger partial charge in [0, 0.05) is 28.9 Å². The number of H-pyrrole nitrogens is 1. The van der Waals surface area contributed by atoms with Gasteiger partial charge in [-0.05, 0) is 11.6 Å². The lowest BCUT2D eigenvalue weighted by Crippen LogP contribution is -1.91. The number of carbonyl (C=O) groups excluding carboxylic acids is 1. The monoisotopic (exact) mass is 222 g/mol. The first-order chi connectivity index (χ1) is 8.40. The van der Waals surface area contributed by atoms with Gasteiger partial charge in [0.1, 0.15) is 5.65 Å². The predicted octanol–water partition coefficient (Wildman–Crippen LogP) is 3.04. The summed E-state index contributed by atoms with van der Waals surface area (Å²) in [5.74, 6) is 0. The molecule has 0 spiro atoms. The molecule has 3 heteroatoms. The molecule has 0 aliphatic heterocycles. The van der Waals surface area contributed by atoms with Crippen LogP contribution in [0.5, 0.6) is 0 Å². The molecule has 0 amide bonds. The molecule has 1 N–H and O–H groups in total. The molecule has 0 unspecified atom stereocenters. The molecule has 17 heavy (non-hydrogen) atoms. The Kier molecular flexibility index (Phi) is 2.22. The lowest BCUT2D eigenvalue weighted by Gasteiger charge is -2.05. The van der Waals surface area contributed by atoms with Crippen molar-refractivity contribution >= 4 is 17.3 Å². The lowest BCUT2D eigenvalue weighted by atomic mass is 10.0. The van der Waals surface area contributed by atoms with Crippen LogP contribution in [-0.4, -0.2) is 16.3 Å². The second kappa shape index (κ2) is 3.87. The molecule has 82 valence electrons. The van der Waals surface area contributed by atoms with Crippen molar-refractivity contribution in [1.29, 1.82) is 0 Å². The number of nitrogens with zero attached hydrogens (tertiary/aromatic N) is 1. The minimum atomic E-state index is 0.683. The summed E-state index contributed by atoms with van der Waals surface area (Å²) in [6.07, 6.45) is 4.41. The van der Waals surface area contributed by atoms with E-state index in [1.165, 1.54) is 0 Å². The molecule has 0 saturated carbocycles. The summed E-state index contributed by atoms with van der Waals surface area (Å²) in [5, 5.41) is 0.862. The Morgan fingerprint density at radius 1 is 1.12 bits per heavy atom.